The molecule has 0 aromatic heterocycles. The van der Waals surface area contributed by atoms with Crippen LogP contribution >= 0.6 is 0 Å². The Balaban J connectivity index is 1.72. The highest BCUT2D eigenvalue weighted by atomic mass is 16.5. The number of carbonyl (C=O) groups is 2. The van der Waals surface area contributed by atoms with Crippen molar-refractivity contribution in [2.75, 3.05) is 20.3 Å². The minimum absolute atomic E-state index is 0.0405. The molecular weight excluding hydrogens is 494 g/mol. The lowest BCUT2D eigenvalue weighted by Crippen LogP contribution is -2.29. The van der Waals surface area contributed by atoms with Gasteiger partial charge in [0.15, 0.2) is 0 Å². The quantitative estimate of drug-likeness (QED) is 0.129. The molecule has 1 fully saturated rings. The van der Waals surface area contributed by atoms with Gasteiger partial charge in [-0.2, -0.15) is 0 Å². The smallest absolute Gasteiger partial charge is 0.295 e. The second kappa shape index (κ2) is 13.0. The van der Waals surface area contributed by atoms with Crippen LogP contribution in [0.25, 0.3) is 5.76 Å². The van der Waals surface area contributed by atoms with E-state index in [2.05, 4.69) is 6.92 Å². The summed E-state index contributed by atoms with van der Waals surface area (Å²) < 4.78 is 16.7. The van der Waals surface area contributed by atoms with E-state index in [0.717, 1.165) is 24.8 Å². The fraction of sp³-hybridized carbons (Fsp3) is 0.312. The monoisotopic (exact) mass is 529 g/mol. The molecule has 1 amide bonds. The molecule has 3 aromatic rings. The number of amides is 1. The van der Waals surface area contributed by atoms with Crippen molar-refractivity contribution in [3.05, 3.63) is 95.1 Å². The second-order valence-electron chi connectivity index (χ2n) is 9.36. The molecule has 1 heterocycles. The molecule has 4 rings (SSSR count). The summed E-state index contributed by atoms with van der Waals surface area (Å²) in [7, 11) is 1.59. The van der Waals surface area contributed by atoms with Gasteiger partial charge in [-0.25, -0.2) is 0 Å². The van der Waals surface area contributed by atoms with Crippen LogP contribution in [0.5, 0.6) is 17.2 Å². The van der Waals surface area contributed by atoms with Gasteiger partial charge in [-0.15, -0.1) is 0 Å². The fourth-order valence-electron chi connectivity index (χ4n) is 4.66. The number of aliphatic hydroxyl groups is 1. The van der Waals surface area contributed by atoms with Crippen molar-refractivity contribution in [2.45, 2.75) is 45.7 Å². The van der Waals surface area contributed by atoms with E-state index in [1.165, 1.54) is 4.90 Å². The zero-order valence-corrected chi connectivity index (χ0v) is 22.7. The van der Waals surface area contributed by atoms with Crippen LogP contribution in [-0.2, 0) is 16.1 Å². The van der Waals surface area contributed by atoms with E-state index >= 15 is 0 Å². The predicted molar refractivity (Wildman–Crippen MR) is 150 cm³/mol. The molecule has 0 bridgehead atoms. The van der Waals surface area contributed by atoms with Gasteiger partial charge in [0, 0.05) is 12.1 Å². The first kappa shape index (κ1) is 27.8. The molecule has 0 saturated carbocycles. The number of hydrogen-bond donors (Lipinski definition) is 1. The third kappa shape index (κ3) is 6.42. The molecule has 1 saturated heterocycles. The number of unbranched alkanes of at least 4 members (excludes halogenated alkanes) is 2. The topological polar surface area (TPSA) is 85.3 Å². The Hall–Kier alpha value is -4.26. The zero-order valence-electron chi connectivity index (χ0n) is 22.7. The van der Waals surface area contributed by atoms with Crippen LogP contribution in [0.2, 0.25) is 0 Å². The molecule has 204 valence electrons. The number of likely N-dealkylation sites (tertiary alicyclic amines) is 1. The first-order chi connectivity index (χ1) is 19.0. The molecule has 0 spiro atoms. The predicted octanol–water partition coefficient (Wildman–Crippen LogP) is 6.28. The lowest BCUT2D eigenvalue weighted by atomic mass is 9.95. The Morgan fingerprint density at radius 3 is 2.26 bits per heavy atom. The zero-order chi connectivity index (χ0) is 27.8. The average Bonchev–Trinajstić information content (AvgIpc) is 3.21. The minimum atomic E-state index is -0.794. The molecule has 1 N–H and O–H groups in total. The van der Waals surface area contributed by atoms with Crippen molar-refractivity contribution in [3.63, 3.8) is 0 Å². The number of benzene rings is 3. The van der Waals surface area contributed by atoms with E-state index in [1.54, 1.807) is 31.4 Å². The minimum Gasteiger partial charge on any atom is -0.507 e. The maximum Gasteiger partial charge on any atom is 0.295 e. The van der Waals surface area contributed by atoms with Crippen LogP contribution in [0, 0.1) is 0 Å². The van der Waals surface area contributed by atoms with Gasteiger partial charge in [0.05, 0.1) is 31.9 Å². The normalized spacial score (nSPS) is 16.4. The number of rotatable bonds is 12. The third-order valence-corrected chi connectivity index (χ3v) is 6.68. The number of ketones is 1. The fourth-order valence-corrected chi connectivity index (χ4v) is 4.66. The molecule has 1 atom stereocenters. The van der Waals surface area contributed by atoms with Gasteiger partial charge < -0.3 is 24.2 Å². The SMILES string of the molecule is CCCCCOc1ccc(/C(O)=C2/C(=O)C(=O)N(Cc3ccc(OC)cc3)C2c2cccc(OCC)c2)cc1. The van der Waals surface area contributed by atoms with Gasteiger partial charge in [0.25, 0.3) is 11.7 Å². The number of carbonyl (C=O) groups excluding carboxylic acids is 2. The van der Waals surface area contributed by atoms with Gasteiger partial charge in [0.2, 0.25) is 0 Å². The van der Waals surface area contributed by atoms with Gasteiger partial charge in [-0.3, -0.25) is 9.59 Å². The highest BCUT2D eigenvalue weighted by Crippen LogP contribution is 2.41. The van der Waals surface area contributed by atoms with Gasteiger partial charge in [-0.1, -0.05) is 44.0 Å². The van der Waals surface area contributed by atoms with E-state index in [4.69, 9.17) is 14.2 Å². The highest BCUT2D eigenvalue weighted by Gasteiger charge is 2.46. The number of Topliss-reactive ketones (excluding diaryl/α,β-unsaturated/α-hetero) is 1. The molecule has 0 aliphatic carbocycles. The Kier molecular flexibility index (Phi) is 9.26. The Morgan fingerprint density at radius 1 is 0.872 bits per heavy atom. The number of nitrogens with zero attached hydrogens (tertiary/aromatic N) is 1. The van der Waals surface area contributed by atoms with Crippen molar-refractivity contribution in [1.29, 1.82) is 0 Å². The van der Waals surface area contributed by atoms with Crippen LogP contribution < -0.4 is 14.2 Å². The van der Waals surface area contributed by atoms with Crippen LogP contribution in [-0.4, -0.2) is 42.0 Å². The summed E-state index contributed by atoms with van der Waals surface area (Å²) in [6.45, 7) is 5.30. The van der Waals surface area contributed by atoms with Crippen LogP contribution in [0.3, 0.4) is 0 Å². The average molecular weight is 530 g/mol. The lowest BCUT2D eigenvalue weighted by Gasteiger charge is -2.26. The Labute approximate surface area is 229 Å². The summed E-state index contributed by atoms with van der Waals surface area (Å²) in [5.41, 5.74) is 1.97. The highest BCUT2D eigenvalue weighted by molar-refractivity contribution is 6.46. The van der Waals surface area contributed by atoms with Crippen molar-refractivity contribution >= 4 is 17.4 Å². The molecule has 3 aromatic carbocycles. The van der Waals surface area contributed by atoms with Gasteiger partial charge >= 0.3 is 0 Å². The third-order valence-electron chi connectivity index (χ3n) is 6.68. The summed E-state index contributed by atoms with van der Waals surface area (Å²) in [6.07, 6.45) is 3.18. The number of hydrogen-bond acceptors (Lipinski definition) is 6. The molecule has 1 unspecified atom stereocenters. The summed E-state index contributed by atoms with van der Waals surface area (Å²) in [6, 6.07) is 20.7. The summed E-state index contributed by atoms with van der Waals surface area (Å²) in [5, 5.41) is 11.4. The van der Waals surface area contributed by atoms with Gasteiger partial charge in [0.1, 0.15) is 23.0 Å². The molecular formula is C32H35NO6. The van der Waals surface area contributed by atoms with E-state index in [0.29, 0.717) is 41.6 Å². The maximum atomic E-state index is 13.4. The van der Waals surface area contributed by atoms with Crippen LogP contribution in [0.1, 0.15) is 55.8 Å². The first-order valence-corrected chi connectivity index (χ1v) is 13.3. The standard InChI is InChI=1S/C32H35NO6/c1-4-6-7-19-39-26-17-13-23(14-18-26)30(34)28-29(24-9-8-10-27(20-24)38-5-2)33(32(36)31(28)35)21-22-11-15-25(37-3)16-12-22/h8-18,20,29,34H,4-7,19,21H2,1-3H3/b30-28-. The maximum absolute atomic E-state index is 13.4. The van der Waals surface area contributed by atoms with Crippen molar-refractivity contribution < 1.29 is 28.9 Å². The van der Waals surface area contributed by atoms with Crippen molar-refractivity contribution in [1.82, 2.24) is 4.90 Å². The second-order valence-corrected chi connectivity index (χ2v) is 9.36. The van der Waals surface area contributed by atoms with Crippen LogP contribution in [0.4, 0.5) is 0 Å². The summed E-state index contributed by atoms with van der Waals surface area (Å²) >= 11 is 0. The van der Waals surface area contributed by atoms with E-state index in [-0.39, 0.29) is 17.9 Å². The Bertz CT molecular complexity index is 1310. The molecule has 39 heavy (non-hydrogen) atoms. The van der Waals surface area contributed by atoms with Gasteiger partial charge in [-0.05, 0) is 73.0 Å². The Morgan fingerprint density at radius 2 is 1.59 bits per heavy atom. The lowest BCUT2D eigenvalue weighted by molar-refractivity contribution is -0.140. The van der Waals surface area contributed by atoms with E-state index < -0.39 is 17.7 Å². The summed E-state index contributed by atoms with van der Waals surface area (Å²) in [5.74, 6) is 0.371. The van der Waals surface area contributed by atoms with E-state index in [1.807, 2.05) is 55.5 Å². The van der Waals surface area contributed by atoms with Crippen molar-refractivity contribution in [3.8, 4) is 17.2 Å². The molecule has 1 aliphatic heterocycles. The van der Waals surface area contributed by atoms with Crippen LogP contribution in [0.15, 0.2) is 78.4 Å². The molecule has 7 nitrogen and oxygen atoms in total. The molecule has 1 aliphatic rings. The largest absolute Gasteiger partial charge is 0.507 e. The number of aliphatic hydroxyl groups excluding tert-OH is 1. The first-order valence-electron chi connectivity index (χ1n) is 13.3. The molecule has 7 heteroatoms. The summed E-state index contributed by atoms with van der Waals surface area (Å²) in [4.78, 5) is 28.2. The van der Waals surface area contributed by atoms with Crippen molar-refractivity contribution in [2.24, 2.45) is 0 Å². The number of ether oxygens (including phenoxy) is 3. The number of methoxy groups -OCH3 is 1. The molecule has 0 radical (unpaired) electrons. The van der Waals surface area contributed by atoms with E-state index in [9.17, 15) is 14.7 Å².